The molecule has 3 atom stereocenters. The number of likely N-dealkylation sites (N-methyl/N-ethyl adjacent to an activating group) is 1. The van der Waals surface area contributed by atoms with Gasteiger partial charge in [-0.05, 0) is 57.3 Å². The van der Waals surface area contributed by atoms with Crippen molar-refractivity contribution >= 4 is 10.0 Å². The minimum atomic E-state index is -3.85. The summed E-state index contributed by atoms with van der Waals surface area (Å²) in [5, 5.41) is 9.76. The largest absolute Gasteiger partial charge is 0.487 e. The molecule has 33 heavy (non-hydrogen) atoms. The molecule has 1 aliphatic rings. The first-order chi connectivity index (χ1) is 15.8. The first-order valence-electron chi connectivity index (χ1n) is 11.4. The standard InChI is InChI=1S/C26H34N2O4S/c1-5-15-27(4)18-25-20(2)17-28(21(3)19-29)33(30,31)26-14-13-23(16-24(26)32-25)12-11-22-9-7-6-8-10-22/h6-10,13-14,16,20-21,25,29H,5,15,17-19H2,1-4H3/t20-,21+,25-/m0/s1. The summed E-state index contributed by atoms with van der Waals surface area (Å²) in [5.74, 6) is 6.48. The number of benzene rings is 2. The molecule has 0 saturated carbocycles. The Morgan fingerprint density at radius 3 is 2.55 bits per heavy atom. The molecule has 0 saturated heterocycles. The van der Waals surface area contributed by atoms with Crippen LogP contribution in [0.3, 0.4) is 0 Å². The molecule has 2 aromatic carbocycles. The van der Waals surface area contributed by atoms with Crippen molar-refractivity contribution in [1.82, 2.24) is 9.21 Å². The van der Waals surface area contributed by atoms with Crippen molar-refractivity contribution in [1.29, 1.82) is 0 Å². The Labute approximate surface area is 198 Å². The van der Waals surface area contributed by atoms with Gasteiger partial charge < -0.3 is 14.7 Å². The van der Waals surface area contributed by atoms with Gasteiger partial charge in [0.15, 0.2) is 0 Å². The van der Waals surface area contributed by atoms with E-state index < -0.39 is 16.1 Å². The fraction of sp³-hybridized carbons (Fsp3) is 0.462. The molecule has 0 fully saturated rings. The molecule has 0 unspecified atom stereocenters. The van der Waals surface area contributed by atoms with Crippen LogP contribution in [-0.2, 0) is 10.0 Å². The summed E-state index contributed by atoms with van der Waals surface area (Å²) in [6.45, 7) is 7.49. The van der Waals surface area contributed by atoms with Crippen LogP contribution < -0.4 is 4.74 Å². The molecule has 3 rings (SSSR count). The monoisotopic (exact) mass is 470 g/mol. The minimum absolute atomic E-state index is 0.0692. The number of sulfonamides is 1. The molecule has 0 aromatic heterocycles. The molecule has 0 spiro atoms. The van der Waals surface area contributed by atoms with Gasteiger partial charge in [0.2, 0.25) is 10.0 Å². The van der Waals surface area contributed by atoms with Crippen LogP contribution in [0.25, 0.3) is 0 Å². The lowest BCUT2D eigenvalue weighted by molar-refractivity contribution is 0.0752. The molecule has 1 aliphatic heterocycles. The summed E-state index contributed by atoms with van der Waals surface area (Å²) in [5.41, 5.74) is 1.57. The van der Waals surface area contributed by atoms with Crippen molar-refractivity contribution in [2.24, 2.45) is 5.92 Å². The van der Waals surface area contributed by atoms with Gasteiger partial charge in [-0.25, -0.2) is 8.42 Å². The fourth-order valence-electron chi connectivity index (χ4n) is 3.97. The maximum atomic E-state index is 13.5. The van der Waals surface area contributed by atoms with Crippen molar-refractivity contribution in [3.8, 4) is 17.6 Å². The Hall–Kier alpha value is -2.37. The topological polar surface area (TPSA) is 70.1 Å². The number of hydrogen-bond acceptors (Lipinski definition) is 5. The predicted octanol–water partition coefficient (Wildman–Crippen LogP) is 3.20. The van der Waals surface area contributed by atoms with E-state index in [1.54, 1.807) is 25.1 Å². The van der Waals surface area contributed by atoms with Gasteiger partial charge in [-0.15, -0.1) is 0 Å². The highest BCUT2D eigenvalue weighted by atomic mass is 32.2. The third-order valence-electron chi connectivity index (χ3n) is 5.89. The van der Waals surface area contributed by atoms with Crippen LogP contribution in [0.4, 0.5) is 0 Å². The normalized spacial score (nSPS) is 21.2. The second-order valence-corrected chi connectivity index (χ2v) is 10.6. The van der Waals surface area contributed by atoms with Crippen LogP contribution in [0.5, 0.6) is 5.75 Å². The lowest BCUT2D eigenvalue weighted by atomic mass is 10.0. The van der Waals surface area contributed by atoms with Crippen molar-refractivity contribution in [3.05, 3.63) is 59.7 Å². The molecule has 0 aliphatic carbocycles. The van der Waals surface area contributed by atoms with Gasteiger partial charge in [-0.1, -0.05) is 43.9 Å². The third-order valence-corrected chi connectivity index (χ3v) is 7.91. The maximum Gasteiger partial charge on any atom is 0.247 e. The maximum absolute atomic E-state index is 13.5. The SMILES string of the molecule is CCCN(C)C[C@@H]1Oc2cc(C#Cc3ccccc3)ccc2S(=O)(=O)N([C@H](C)CO)C[C@@H]1C. The molecular weight excluding hydrogens is 436 g/mol. The number of fused-ring (bicyclic) bond motifs is 1. The zero-order chi connectivity index (χ0) is 24.0. The van der Waals surface area contributed by atoms with E-state index in [9.17, 15) is 13.5 Å². The number of aliphatic hydroxyl groups excluding tert-OH is 1. The fourth-order valence-corrected chi connectivity index (χ4v) is 5.79. The second-order valence-electron chi connectivity index (χ2n) is 8.78. The van der Waals surface area contributed by atoms with Crippen molar-refractivity contribution in [2.75, 3.05) is 33.3 Å². The lowest BCUT2D eigenvalue weighted by Gasteiger charge is -2.37. The van der Waals surface area contributed by atoms with Gasteiger partial charge in [-0.2, -0.15) is 4.31 Å². The van der Waals surface area contributed by atoms with E-state index in [-0.39, 0.29) is 30.1 Å². The van der Waals surface area contributed by atoms with Crippen molar-refractivity contribution in [2.45, 2.75) is 44.2 Å². The van der Waals surface area contributed by atoms with E-state index in [1.165, 1.54) is 4.31 Å². The summed E-state index contributed by atoms with van der Waals surface area (Å²) in [6, 6.07) is 14.1. The van der Waals surface area contributed by atoms with Crippen LogP contribution in [0.2, 0.25) is 0 Å². The summed E-state index contributed by atoms with van der Waals surface area (Å²) in [6.07, 6.45) is 0.816. The average Bonchev–Trinajstić information content (AvgIpc) is 2.80. The van der Waals surface area contributed by atoms with E-state index >= 15 is 0 Å². The molecule has 7 heteroatoms. The Kier molecular flexibility index (Phi) is 8.55. The van der Waals surface area contributed by atoms with Gasteiger partial charge in [-0.3, -0.25) is 0 Å². The first kappa shape index (κ1) is 25.3. The highest BCUT2D eigenvalue weighted by Crippen LogP contribution is 2.34. The van der Waals surface area contributed by atoms with Crippen molar-refractivity contribution < 1.29 is 18.3 Å². The Morgan fingerprint density at radius 1 is 1.18 bits per heavy atom. The molecular formula is C26H34N2O4S. The highest BCUT2D eigenvalue weighted by molar-refractivity contribution is 7.89. The number of hydrogen-bond donors (Lipinski definition) is 1. The first-order valence-corrected chi connectivity index (χ1v) is 12.9. The van der Waals surface area contributed by atoms with Crippen LogP contribution in [0.1, 0.15) is 38.3 Å². The molecule has 0 radical (unpaired) electrons. The quantitative estimate of drug-likeness (QED) is 0.657. The van der Waals surface area contributed by atoms with E-state index in [1.807, 2.05) is 44.3 Å². The van der Waals surface area contributed by atoms with Crippen LogP contribution in [-0.4, -0.2) is 68.2 Å². The zero-order valence-electron chi connectivity index (χ0n) is 19.9. The second kappa shape index (κ2) is 11.2. The van der Waals surface area contributed by atoms with Gasteiger partial charge >= 0.3 is 0 Å². The molecule has 2 aromatic rings. The number of aliphatic hydroxyl groups is 1. The lowest BCUT2D eigenvalue weighted by Crippen LogP contribution is -2.49. The summed E-state index contributed by atoms with van der Waals surface area (Å²) in [7, 11) is -1.80. The zero-order valence-corrected chi connectivity index (χ0v) is 20.7. The van der Waals surface area contributed by atoms with Crippen LogP contribution in [0, 0.1) is 17.8 Å². The highest BCUT2D eigenvalue weighted by Gasteiger charge is 2.38. The molecule has 6 nitrogen and oxygen atoms in total. The summed E-state index contributed by atoms with van der Waals surface area (Å²) in [4.78, 5) is 2.32. The predicted molar refractivity (Wildman–Crippen MR) is 131 cm³/mol. The van der Waals surface area contributed by atoms with Crippen LogP contribution in [0.15, 0.2) is 53.4 Å². The molecule has 0 amide bonds. The van der Waals surface area contributed by atoms with Crippen molar-refractivity contribution in [3.63, 3.8) is 0 Å². The Morgan fingerprint density at radius 2 is 1.88 bits per heavy atom. The Balaban J connectivity index is 2.05. The molecule has 178 valence electrons. The van der Waals surface area contributed by atoms with E-state index in [0.717, 1.165) is 18.5 Å². The van der Waals surface area contributed by atoms with E-state index in [2.05, 4.69) is 23.7 Å². The van der Waals surface area contributed by atoms with Gasteiger partial charge in [0.1, 0.15) is 16.7 Å². The number of rotatable bonds is 6. The van der Waals surface area contributed by atoms with Gasteiger partial charge in [0, 0.05) is 36.2 Å². The van der Waals surface area contributed by atoms with E-state index in [4.69, 9.17) is 4.74 Å². The molecule has 1 N–H and O–H groups in total. The van der Waals surface area contributed by atoms with Gasteiger partial charge in [0.05, 0.1) is 6.61 Å². The summed E-state index contributed by atoms with van der Waals surface area (Å²) < 4.78 is 34.8. The Bertz CT molecular complexity index is 1090. The summed E-state index contributed by atoms with van der Waals surface area (Å²) >= 11 is 0. The molecule has 0 bridgehead atoms. The van der Waals surface area contributed by atoms with Crippen LogP contribution >= 0.6 is 0 Å². The smallest absolute Gasteiger partial charge is 0.247 e. The number of nitrogens with zero attached hydrogens (tertiary/aromatic N) is 2. The minimum Gasteiger partial charge on any atom is -0.487 e. The van der Waals surface area contributed by atoms with Gasteiger partial charge in [0.25, 0.3) is 0 Å². The van der Waals surface area contributed by atoms with E-state index in [0.29, 0.717) is 17.9 Å². The third kappa shape index (κ3) is 6.15. The average molecular weight is 471 g/mol. The number of ether oxygens (including phenoxy) is 1. The molecule has 1 heterocycles.